The number of hydrogen-bond donors (Lipinski definition) is 1. The van der Waals surface area contributed by atoms with Gasteiger partial charge in [0.2, 0.25) is 0 Å². The van der Waals surface area contributed by atoms with E-state index < -0.39 is 48.1 Å². The lowest BCUT2D eigenvalue weighted by atomic mass is 9.98. The van der Waals surface area contributed by atoms with Gasteiger partial charge in [-0.2, -0.15) is 0 Å². The third-order valence-corrected chi connectivity index (χ3v) is 6.19. The van der Waals surface area contributed by atoms with E-state index in [1.807, 2.05) is 48.5 Å². The van der Waals surface area contributed by atoms with Crippen LogP contribution in [0, 0.1) is 10.1 Å². The quantitative estimate of drug-likeness (QED) is 0.365. The van der Waals surface area contributed by atoms with E-state index in [1.54, 1.807) is 0 Å². The first-order chi connectivity index (χ1) is 16.5. The minimum Gasteiger partial charge on any atom is -0.456 e. The Bertz CT molecular complexity index is 1060. The van der Waals surface area contributed by atoms with Gasteiger partial charge in [-0.25, -0.2) is 4.79 Å². The number of fused-ring (bicyclic) bond motifs is 4. The monoisotopic (exact) mass is 470 g/mol. The van der Waals surface area contributed by atoms with Crippen molar-refractivity contribution in [3.8, 4) is 11.1 Å². The van der Waals surface area contributed by atoms with E-state index in [-0.39, 0.29) is 25.7 Å². The van der Waals surface area contributed by atoms with E-state index in [0.29, 0.717) is 0 Å². The molecule has 0 saturated carbocycles. The van der Waals surface area contributed by atoms with Gasteiger partial charge in [0, 0.05) is 5.92 Å². The fraction of sp³-hybridized carbons (Fsp3) is 0.391. The van der Waals surface area contributed by atoms with Gasteiger partial charge < -0.3 is 29.1 Å². The van der Waals surface area contributed by atoms with E-state index in [4.69, 9.17) is 18.9 Å². The molecule has 3 aliphatic rings. The molecule has 1 N–H and O–H groups in total. The molecule has 178 valence electrons. The van der Waals surface area contributed by atoms with Crippen LogP contribution in [0.1, 0.15) is 17.0 Å². The Hall–Kier alpha value is -3.70. The van der Waals surface area contributed by atoms with Gasteiger partial charge in [0.1, 0.15) is 25.4 Å². The van der Waals surface area contributed by atoms with E-state index in [9.17, 15) is 19.7 Å². The van der Waals surface area contributed by atoms with Crippen molar-refractivity contribution in [3.63, 3.8) is 0 Å². The minimum absolute atomic E-state index is 0.0175. The van der Waals surface area contributed by atoms with Crippen LogP contribution in [0.5, 0.6) is 0 Å². The Morgan fingerprint density at radius 2 is 1.56 bits per heavy atom. The van der Waals surface area contributed by atoms with Gasteiger partial charge in [-0.15, -0.1) is 10.1 Å². The molecule has 4 atom stereocenters. The number of carbonyl (C=O) groups is 2. The van der Waals surface area contributed by atoms with Crippen molar-refractivity contribution in [1.82, 2.24) is 5.32 Å². The van der Waals surface area contributed by atoms with E-state index in [2.05, 4.69) is 10.2 Å². The molecule has 1 aliphatic carbocycles. The molecule has 0 aromatic heterocycles. The molecule has 2 heterocycles. The standard InChI is InChI=1S/C23H22N2O9/c26-20(33-18-11-30-22-19(34-25(28)29)12-31-21(18)22)9-24-23(27)32-10-17-15-7-3-1-5-13(15)14-6-2-4-8-16(14)17/h1-8,17-19,21-22H,9-12H2,(H,24,27)/t18-,19+,21+,22+/m0/s1. The third kappa shape index (κ3) is 4.27. The number of esters is 1. The van der Waals surface area contributed by atoms with Crippen molar-refractivity contribution in [2.75, 3.05) is 26.4 Å². The van der Waals surface area contributed by atoms with Crippen molar-refractivity contribution < 1.29 is 38.5 Å². The van der Waals surface area contributed by atoms with E-state index in [0.717, 1.165) is 22.3 Å². The van der Waals surface area contributed by atoms with Gasteiger partial charge in [0.15, 0.2) is 12.2 Å². The highest BCUT2D eigenvalue weighted by Gasteiger charge is 2.51. The van der Waals surface area contributed by atoms with Crippen LogP contribution in [0.15, 0.2) is 48.5 Å². The first kappa shape index (κ1) is 22.1. The van der Waals surface area contributed by atoms with Crippen LogP contribution in [0.2, 0.25) is 0 Å². The fourth-order valence-corrected chi connectivity index (χ4v) is 4.74. The first-order valence-corrected chi connectivity index (χ1v) is 10.8. The van der Waals surface area contributed by atoms with Crippen molar-refractivity contribution in [2.45, 2.75) is 30.3 Å². The second kappa shape index (κ2) is 9.27. The maximum Gasteiger partial charge on any atom is 0.407 e. The summed E-state index contributed by atoms with van der Waals surface area (Å²) in [6, 6.07) is 16.0. The summed E-state index contributed by atoms with van der Waals surface area (Å²) in [5.74, 6) is -0.795. The first-order valence-electron chi connectivity index (χ1n) is 10.8. The summed E-state index contributed by atoms with van der Waals surface area (Å²) in [5.41, 5.74) is 4.41. The molecule has 34 heavy (non-hydrogen) atoms. The summed E-state index contributed by atoms with van der Waals surface area (Å²) in [5, 5.41) is 12.0. The van der Waals surface area contributed by atoms with Crippen LogP contribution in [-0.4, -0.2) is 67.9 Å². The normalized spacial score (nSPS) is 24.6. The Morgan fingerprint density at radius 1 is 0.971 bits per heavy atom. The molecular formula is C23H22N2O9. The second-order valence-electron chi connectivity index (χ2n) is 8.17. The second-order valence-corrected chi connectivity index (χ2v) is 8.17. The largest absolute Gasteiger partial charge is 0.456 e. The van der Waals surface area contributed by atoms with Gasteiger partial charge in [-0.1, -0.05) is 48.5 Å². The summed E-state index contributed by atoms with van der Waals surface area (Å²) >= 11 is 0. The van der Waals surface area contributed by atoms with Crippen molar-refractivity contribution in [2.24, 2.45) is 0 Å². The highest BCUT2D eigenvalue weighted by molar-refractivity contribution is 5.80. The molecular weight excluding hydrogens is 448 g/mol. The maximum atomic E-state index is 12.2. The number of rotatable bonds is 7. The highest BCUT2D eigenvalue weighted by Crippen LogP contribution is 2.44. The lowest BCUT2D eigenvalue weighted by Gasteiger charge is -2.17. The third-order valence-electron chi connectivity index (χ3n) is 6.19. The van der Waals surface area contributed by atoms with Gasteiger partial charge >= 0.3 is 12.1 Å². The zero-order valence-electron chi connectivity index (χ0n) is 18.0. The molecule has 1 amide bonds. The molecule has 2 aliphatic heterocycles. The molecule has 5 rings (SSSR count). The van der Waals surface area contributed by atoms with Gasteiger partial charge in [-0.05, 0) is 22.3 Å². The SMILES string of the molecule is O=C(CNC(=O)OCC1c2ccccc2-c2ccccc21)O[C@H]1CO[C@H]2[C@@H]1OC[C@H]2O[N+](=O)[O-]. The summed E-state index contributed by atoms with van der Waals surface area (Å²) < 4.78 is 21.6. The molecule has 11 heteroatoms. The average molecular weight is 470 g/mol. The van der Waals surface area contributed by atoms with Crippen LogP contribution in [0.25, 0.3) is 11.1 Å². The zero-order valence-corrected chi connectivity index (χ0v) is 18.0. The number of ether oxygens (including phenoxy) is 4. The number of hydrogen-bond acceptors (Lipinski definition) is 9. The number of carbonyl (C=O) groups excluding carboxylic acids is 2. The molecule has 2 aromatic carbocycles. The number of alkyl carbamates (subject to hydrolysis) is 1. The minimum atomic E-state index is -0.905. The molecule has 0 unspecified atom stereocenters. The Balaban J connectivity index is 1.10. The topological polar surface area (TPSA) is 135 Å². The Labute approximate surface area is 194 Å². The predicted molar refractivity (Wildman–Crippen MR) is 114 cm³/mol. The molecule has 2 aromatic rings. The van der Waals surface area contributed by atoms with Crippen molar-refractivity contribution >= 4 is 12.1 Å². The molecule has 2 fully saturated rings. The van der Waals surface area contributed by atoms with Gasteiger partial charge in [0.25, 0.3) is 5.09 Å². The molecule has 0 spiro atoms. The van der Waals surface area contributed by atoms with Crippen LogP contribution >= 0.6 is 0 Å². The van der Waals surface area contributed by atoms with Gasteiger partial charge in [0.05, 0.1) is 13.2 Å². The summed E-state index contributed by atoms with van der Waals surface area (Å²) in [6.07, 6.45) is -3.72. The molecule has 11 nitrogen and oxygen atoms in total. The average Bonchev–Trinajstić information content (AvgIpc) is 3.50. The summed E-state index contributed by atoms with van der Waals surface area (Å²) in [6.45, 7) is -0.299. The Morgan fingerprint density at radius 3 is 2.21 bits per heavy atom. The van der Waals surface area contributed by atoms with Crippen LogP contribution in [-0.2, 0) is 28.6 Å². The number of benzene rings is 2. The fourth-order valence-electron chi connectivity index (χ4n) is 4.74. The maximum absolute atomic E-state index is 12.2. The smallest absolute Gasteiger partial charge is 0.407 e. The van der Waals surface area contributed by atoms with Crippen LogP contribution < -0.4 is 5.32 Å². The highest BCUT2D eigenvalue weighted by atomic mass is 17.0. The molecule has 2 saturated heterocycles. The summed E-state index contributed by atoms with van der Waals surface area (Å²) in [4.78, 5) is 39.5. The zero-order chi connectivity index (χ0) is 23.7. The number of nitrogens with one attached hydrogen (secondary N) is 1. The van der Waals surface area contributed by atoms with Crippen molar-refractivity contribution in [1.29, 1.82) is 0 Å². The number of nitrogens with zero attached hydrogens (tertiary/aromatic N) is 1. The lowest BCUT2D eigenvalue weighted by molar-refractivity contribution is -0.769. The van der Waals surface area contributed by atoms with E-state index >= 15 is 0 Å². The van der Waals surface area contributed by atoms with Crippen LogP contribution in [0.3, 0.4) is 0 Å². The van der Waals surface area contributed by atoms with Crippen molar-refractivity contribution in [3.05, 3.63) is 69.8 Å². The summed E-state index contributed by atoms with van der Waals surface area (Å²) in [7, 11) is 0. The predicted octanol–water partition coefficient (Wildman–Crippen LogP) is 1.81. The molecule has 0 radical (unpaired) electrons. The molecule has 0 bridgehead atoms. The number of amides is 1. The lowest BCUT2D eigenvalue weighted by Crippen LogP contribution is -2.38. The van der Waals surface area contributed by atoms with Crippen LogP contribution in [0.4, 0.5) is 4.79 Å². The van der Waals surface area contributed by atoms with E-state index in [1.165, 1.54) is 0 Å². The Kier molecular flexibility index (Phi) is 6.03. The van der Waals surface area contributed by atoms with Gasteiger partial charge in [-0.3, -0.25) is 4.79 Å².